The van der Waals surface area contributed by atoms with Crippen LogP contribution >= 0.6 is 0 Å². The Hall–Kier alpha value is -2.19. The van der Waals surface area contributed by atoms with Gasteiger partial charge in [0.2, 0.25) is 0 Å². The average Bonchev–Trinajstić information content (AvgIpc) is 2.89. The summed E-state index contributed by atoms with van der Waals surface area (Å²) in [6.45, 7) is 2.96. The third-order valence-corrected chi connectivity index (χ3v) is 4.07. The first-order valence-electron chi connectivity index (χ1n) is 7.71. The molecule has 3 rings (SSSR count). The molecule has 2 heterocycles. The predicted molar refractivity (Wildman–Crippen MR) is 83.0 cm³/mol. The van der Waals surface area contributed by atoms with E-state index in [4.69, 9.17) is 4.74 Å². The highest BCUT2D eigenvalue weighted by atomic mass is 19.1. The van der Waals surface area contributed by atoms with E-state index < -0.39 is 17.7 Å². The molecule has 8 heteroatoms. The molecule has 0 spiro atoms. The Labute approximate surface area is 137 Å². The van der Waals surface area contributed by atoms with Gasteiger partial charge in [-0.1, -0.05) is 0 Å². The molecule has 1 aliphatic rings. The molecule has 6 nitrogen and oxygen atoms in total. The number of halogens is 2. The van der Waals surface area contributed by atoms with E-state index in [2.05, 4.69) is 9.97 Å². The summed E-state index contributed by atoms with van der Waals surface area (Å²) in [5.41, 5.74) is 1.76. The van der Waals surface area contributed by atoms with E-state index >= 15 is 0 Å². The van der Waals surface area contributed by atoms with Gasteiger partial charge in [-0.2, -0.15) is 0 Å². The number of benzene rings is 1. The lowest BCUT2D eigenvalue weighted by molar-refractivity contribution is 0.0618. The van der Waals surface area contributed by atoms with Crippen LogP contribution in [0.4, 0.5) is 8.78 Å². The molecular weight excluding hydrogens is 320 g/mol. The number of rotatable bonds is 5. The van der Waals surface area contributed by atoms with Gasteiger partial charge in [0.15, 0.2) is 11.6 Å². The van der Waals surface area contributed by atoms with Crippen molar-refractivity contribution in [2.24, 2.45) is 0 Å². The highest BCUT2D eigenvalue weighted by molar-refractivity contribution is 5.30. The number of nitrogens with zero attached hydrogens (tertiary/aromatic N) is 1. The number of fused-ring (bicyclic) bond motifs is 1. The molecule has 130 valence electrons. The monoisotopic (exact) mass is 339 g/mol. The van der Waals surface area contributed by atoms with Crippen LogP contribution in [0.15, 0.2) is 16.9 Å². The zero-order valence-electron chi connectivity index (χ0n) is 13.2. The van der Waals surface area contributed by atoms with E-state index in [9.17, 15) is 18.7 Å². The van der Waals surface area contributed by atoms with Crippen molar-refractivity contribution < 1.29 is 18.6 Å². The topological polar surface area (TPSA) is 81.3 Å². The van der Waals surface area contributed by atoms with Gasteiger partial charge in [0.05, 0.1) is 5.69 Å². The molecule has 0 saturated heterocycles. The second-order valence-corrected chi connectivity index (χ2v) is 6.02. The molecule has 24 heavy (non-hydrogen) atoms. The Bertz CT molecular complexity index is 787. The van der Waals surface area contributed by atoms with E-state index in [0.29, 0.717) is 26.1 Å². The summed E-state index contributed by atoms with van der Waals surface area (Å²) in [6.07, 6.45) is -0.144. The molecule has 0 bridgehead atoms. The SMILES string of the molecule is Cc1cc(OCC(O)CN2CCc3[nH]c(=O)[nH]c3C2)c(F)cc1F. The average molecular weight is 339 g/mol. The van der Waals surface area contributed by atoms with E-state index in [1.165, 1.54) is 13.0 Å². The van der Waals surface area contributed by atoms with E-state index in [-0.39, 0.29) is 23.6 Å². The molecule has 0 fully saturated rings. The summed E-state index contributed by atoms with van der Waals surface area (Å²) >= 11 is 0. The fourth-order valence-corrected chi connectivity index (χ4v) is 2.81. The van der Waals surface area contributed by atoms with Crippen LogP contribution < -0.4 is 10.4 Å². The first kappa shape index (κ1) is 16.7. The van der Waals surface area contributed by atoms with Gasteiger partial charge in [-0.15, -0.1) is 0 Å². The van der Waals surface area contributed by atoms with Crippen LogP contribution in [0.2, 0.25) is 0 Å². The number of imidazole rings is 1. The molecule has 1 unspecified atom stereocenters. The Morgan fingerprint density at radius 2 is 2.04 bits per heavy atom. The van der Waals surface area contributed by atoms with E-state index in [1.54, 1.807) is 0 Å². The number of aryl methyl sites for hydroxylation is 1. The molecule has 0 aliphatic carbocycles. The van der Waals surface area contributed by atoms with Crippen molar-refractivity contribution in [2.45, 2.75) is 26.0 Å². The number of H-pyrrole nitrogens is 2. The lowest BCUT2D eigenvalue weighted by atomic mass is 10.1. The summed E-state index contributed by atoms with van der Waals surface area (Å²) in [7, 11) is 0. The predicted octanol–water partition coefficient (Wildman–Crippen LogP) is 1.09. The number of aromatic amines is 2. The second kappa shape index (κ2) is 6.74. The van der Waals surface area contributed by atoms with Gasteiger partial charge in [-0.25, -0.2) is 13.6 Å². The lowest BCUT2D eigenvalue weighted by Crippen LogP contribution is -2.39. The minimum absolute atomic E-state index is 0.0798. The fraction of sp³-hybridized carbons (Fsp3) is 0.438. The molecule has 0 radical (unpaired) electrons. The van der Waals surface area contributed by atoms with Crippen LogP contribution in [-0.4, -0.2) is 45.8 Å². The summed E-state index contributed by atoms with van der Waals surface area (Å²) in [5, 5.41) is 10.1. The van der Waals surface area contributed by atoms with Crippen molar-refractivity contribution in [3.8, 4) is 5.75 Å². The van der Waals surface area contributed by atoms with Gasteiger partial charge in [-0.05, 0) is 18.6 Å². The Morgan fingerprint density at radius 3 is 2.83 bits per heavy atom. The molecule has 1 aromatic heterocycles. The number of ether oxygens (including phenoxy) is 1. The Kier molecular flexibility index (Phi) is 4.68. The number of nitrogens with one attached hydrogen (secondary N) is 2. The third-order valence-electron chi connectivity index (χ3n) is 4.07. The maximum absolute atomic E-state index is 13.6. The summed E-state index contributed by atoms with van der Waals surface area (Å²) in [4.78, 5) is 18.7. The summed E-state index contributed by atoms with van der Waals surface area (Å²) < 4.78 is 32.1. The van der Waals surface area contributed by atoms with Crippen LogP contribution in [0, 0.1) is 18.6 Å². The zero-order valence-corrected chi connectivity index (χ0v) is 13.2. The number of aliphatic hydroxyl groups excluding tert-OH is 1. The highest BCUT2D eigenvalue weighted by Crippen LogP contribution is 2.21. The van der Waals surface area contributed by atoms with E-state index in [0.717, 1.165) is 17.5 Å². The smallest absolute Gasteiger partial charge is 0.323 e. The van der Waals surface area contributed by atoms with Gasteiger partial charge in [0, 0.05) is 37.8 Å². The maximum atomic E-state index is 13.6. The molecule has 2 aromatic rings. The van der Waals surface area contributed by atoms with Crippen molar-refractivity contribution in [3.05, 3.63) is 51.2 Å². The van der Waals surface area contributed by atoms with Crippen molar-refractivity contribution in [1.82, 2.24) is 14.9 Å². The minimum atomic E-state index is -0.832. The maximum Gasteiger partial charge on any atom is 0.323 e. The number of hydrogen-bond donors (Lipinski definition) is 3. The molecule has 0 saturated carbocycles. The second-order valence-electron chi connectivity index (χ2n) is 6.02. The van der Waals surface area contributed by atoms with E-state index in [1.807, 2.05) is 4.90 Å². The zero-order chi connectivity index (χ0) is 17.3. The van der Waals surface area contributed by atoms with Crippen molar-refractivity contribution in [2.75, 3.05) is 19.7 Å². The normalized spacial score (nSPS) is 16.0. The third kappa shape index (κ3) is 3.65. The quantitative estimate of drug-likeness (QED) is 0.762. The molecule has 3 N–H and O–H groups in total. The van der Waals surface area contributed by atoms with Crippen molar-refractivity contribution in [3.63, 3.8) is 0 Å². The summed E-state index contributed by atoms with van der Waals surface area (Å²) in [5.74, 6) is -1.51. The highest BCUT2D eigenvalue weighted by Gasteiger charge is 2.21. The Balaban J connectivity index is 1.54. The Morgan fingerprint density at radius 1 is 1.29 bits per heavy atom. The first-order valence-corrected chi connectivity index (χ1v) is 7.71. The van der Waals surface area contributed by atoms with Gasteiger partial charge >= 0.3 is 5.69 Å². The molecule has 1 aliphatic heterocycles. The number of hydrogen-bond acceptors (Lipinski definition) is 4. The lowest BCUT2D eigenvalue weighted by Gasteiger charge is -2.28. The number of aromatic nitrogens is 2. The molecule has 1 aromatic carbocycles. The number of β-amino-alcohol motifs (C(OH)–C–C–N with tert-alkyl or cyclic N) is 1. The van der Waals surface area contributed by atoms with Crippen molar-refractivity contribution in [1.29, 1.82) is 0 Å². The molecule has 0 amide bonds. The molecule has 1 atom stereocenters. The van der Waals surface area contributed by atoms with Crippen LogP contribution in [0.1, 0.15) is 17.0 Å². The van der Waals surface area contributed by atoms with Crippen LogP contribution in [-0.2, 0) is 13.0 Å². The minimum Gasteiger partial charge on any atom is -0.488 e. The van der Waals surface area contributed by atoms with Crippen LogP contribution in [0.5, 0.6) is 5.75 Å². The van der Waals surface area contributed by atoms with Gasteiger partial charge in [-0.3, -0.25) is 4.90 Å². The first-order chi connectivity index (χ1) is 11.4. The van der Waals surface area contributed by atoms with Gasteiger partial charge in [0.25, 0.3) is 0 Å². The fourth-order valence-electron chi connectivity index (χ4n) is 2.81. The van der Waals surface area contributed by atoms with Crippen molar-refractivity contribution >= 4 is 0 Å². The largest absolute Gasteiger partial charge is 0.488 e. The van der Waals surface area contributed by atoms with Crippen LogP contribution in [0.3, 0.4) is 0 Å². The van der Waals surface area contributed by atoms with Gasteiger partial charge < -0.3 is 19.8 Å². The van der Waals surface area contributed by atoms with Crippen LogP contribution in [0.25, 0.3) is 0 Å². The van der Waals surface area contributed by atoms with Gasteiger partial charge in [0.1, 0.15) is 18.5 Å². The number of aliphatic hydroxyl groups is 1. The summed E-state index contributed by atoms with van der Waals surface area (Å²) in [6, 6.07) is 2.04. The standard InChI is InChI=1S/C16H19F2N3O3/c1-9-4-15(12(18)5-11(9)17)24-8-10(22)6-21-3-2-13-14(7-21)20-16(23)19-13/h4-5,10,22H,2-3,6-8H2,1H3,(H2,19,20,23). The molecular formula is C16H19F2N3O3.